The molecule has 0 saturated heterocycles. The second-order valence-corrected chi connectivity index (χ2v) is 4.93. The van der Waals surface area contributed by atoms with Gasteiger partial charge in [-0.3, -0.25) is 4.79 Å². The third-order valence-corrected chi connectivity index (χ3v) is 1.94. The summed E-state index contributed by atoms with van der Waals surface area (Å²) in [6, 6.07) is 9.21. The Morgan fingerprint density at radius 1 is 0.960 bits per heavy atom. The van der Waals surface area contributed by atoms with Gasteiger partial charge in [0.2, 0.25) is 6.61 Å². The van der Waals surface area contributed by atoms with Crippen LogP contribution in [0.2, 0.25) is 0 Å². The SMILES string of the molecule is C.CC(C)=NOCC(=O)Nc1ccccc1.CC(C)=NOCC(=O)O. The second kappa shape index (κ2) is 14.7. The minimum Gasteiger partial charge on any atom is -0.479 e. The predicted molar refractivity (Wildman–Crippen MR) is 98.9 cm³/mol. The van der Waals surface area contributed by atoms with Gasteiger partial charge in [-0.1, -0.05) is 35.9 Å². The molecule has 0 fully saturated rings. The van der Waals surface area contributed by atoms with Crippen molar-refractivity contribution in [3.05, 3.63) is 30.3 Å². The van der Waals surface area contributed by atoms with Crippen molar-refractivity contribution < 1.29 is 24.4 Å². The minimum atomic E-state index is -1.01. The number of anilines is 1. The maximum Gasteiger partial charge on any atom is 0.344 e. The summed E-state index contributed by atoms with van der Waals surface area (Å²) in [5.41, 5.74) is 2.24. The molecule has 0 saturated carbocycles. The zero-order chi connectivity index (χ0) is 18.4. The summed E-state index contributed by atoms with van der Waals surface area (Å²) in [6.45, 7) is 6.61. The van der Waals surface area contributed by atoms with Gasteiger partial charge in [0, 0.05) is 5.69 Å². The Balaban J connectivity index is 0. The Morgan fingerprint density at radius 2 is 1.44 bits per heavy atom. The Morgan fingerprint density at radius 3 is 1.88 bits per heavy atom. The first-order valence-electron chi connectivity index (χ1n) is 7.14. The van der Waals surface area contributed by atoms with Gasteiger partial charge < -0.3 is 20.1 Å². The summed E-state index contributed by atoms with van der Waals surface area (Å²) in [5.74, 6) is -1.23. The van der Waals surface area contributed by atoms with E-state index in [1.807, 2.05) is 30.3 Å². The fourth-order valence-electron chi connectivity index (χ4n) is 1.16. The number of nitrogens with one attached hydrogen (secondary N) is 1. The topological polar surface area (TPSA) is 110 Å². The molecule has 0 bridgehead atoms. The lowest BCUT2D eigenvalue weighted by Gasteiger charge is -2.03. The van der Waals surface area contributed by atoms with Gasteiger partial charge in [0.15, 0.2) is 6.61 Å². The molecule has 0 aromatic heterocycles. The number of nitrogens with zero attached hydrogens (tertiary/aromatic N) is 2. The molecule has 1 amide bonds. The third-order valence-electron chi connectivity index (χ3n) is 1.94. The zero-order valence-electron chi connectivity index (χ0n) is 14.3. The quantitative estimate of drug-likeness (QED) is 0.578. The van der Waals surface area contributed by atoms with E-state index in [9.17, 15) is 9.59 Å². The molecule has 0 aliphatic rings. The van der Waals surface area contributed by atoms with Crippen LogP contribution in [0.1, 0.15) is 35.1 Å². The van der Waals surface area contributed by atoms with Crippen molar-refractivity contribution in [3.63, 3.8) is 0 Å². The van der Waals surface area contributed by atoms with Crippen LogP contribution in [0.3, 0.4) is 0 Å². The van der Waals surface area contributed by atoms with E-state index in [1.54, 1.807) is 27.7 Å². The van der Waals surface area contributed by atoms with Crippen molar-refractivity contribution in [2.45, 2.75) is 35.1 Å². The van der Waals surface area contributed by atoms with Crippen LogP contribution >= 0.6 is 0 Å². The monoisotopic (exact) mass is 353 g/mol. The fraction of sp³-hybridized carbons (Fsp3) is 0.412. The van der Waals surface area contributed by atoms with Gasteiger partial charge in [0.05, 0.1) is 11.4 Å². The molecular weight excluding hydrogens is 326 g/mol. The summed E-state index contributed by atoms with van der Waals surface area (Å²) < 4.78 is 0. The Kier molecular flexibility index (Phi) is 14.3. The lowest BCUT2D eigenvalue weighted by molar-refractivity contribution is -0.142. The summed E-state index contributed by atoms with van der Waals surface area (Å²) in [6.07, 6.45) is 0. The van der Waals surface area contributed by atoms with Crippen LogP contribution in [-0.2, 0) is 19.3 Å². The third kappa shape index (κ3) is 17.3. The number of amides is 1. The number of benzene rings is 1. The van der Waals surface area contributed by atoms with E-state index in [0.29, 0.717) is 5.71 Å². The number of hydrogen-bond acceptors (Lipinski definition) is 6. The van der Waals surface area contributed by atoms with Gasteiger partial charge in [0.25, 0.3) is 5.91 Å². The summed E-state index contributed by atoms with van der Waals surface area (Å²) in [5, 5.41) is 17.8. The highest BCUT2D eigenvalue weighted by atomic mass is 16.6. The minimum absolute atomic E-state index is 0. The average molecular weight is 353 g/mol. The smallest absolute Gasteiger partial charge is 0.344 e. The molecule has 0 aliphatic carbocycles. The van der Waals surface area contributed by atoms with Crippen molar-refractivity contribution in [1.82, 2.24) is 0 Å². The van der Waals surface area contributed by atoms with Gasteiger partial charge in [-0.15, -0.1) is 0 Å². The lowest BCUT2D eigenvalue weighted by atomic mass is 10.3. The molecule has 140 valence electrons. The van der Waals surface area contributed by atoms with E-state index >= 15 is 0 Å². The van der Waals surface area contributed by atoms with Crippen LogP contribution in [0.4, 0.5) is 5.69 Å². The Hall–Kier alpha value is -2.90. The molecule has 0 atom stereocenters. The second-order valence-electron chi connectivity index (χ2n) is 4.93. The summed E-state index contributed by atoms with van der Waals surface area (Å²) in [4.78, 5) is 30.2. The molecule has 0 aliphatic heterocycles. The van der Waals surface area contributed by atoms with Gasteiger partial charge in [0.1, 0.15) is 0 Å². The van der Waals surface area contributed by atoms with Crippen molar-refractivity contribution in [2.24, 2.45) is 10.3 Å². The fourth-order valence-corrected chi connectivity index (χ4v) is 1.16. The molecule has 0 spiro atoms. The molecule has 0 radical (unpaired) electrons. The maximum atomic E-state index is 11.3. The number of carbonyl (C=O) groups is 2. The van der Waals surface area contributed by atoms with E-state index < -0.39 is 5.97 Å². The molecule has 0 heterocycles. The van der Waals surface area contributed by atoms with E-state index in [4.69, 9.17) is 9.94 Å². The van der Waals surface area contributed by atoms with Crippen LogP contribution in [0.15, 0.2) is 40.6 Å². The standard InChI is InChI=1S/C11H14N2O2.C5H9NO3.CH4/c1-9(2)13-15-8-11(14)12-10-6-4-3-5-7-10;1-4(2)6-9-3-5(7)8;/h3-7H,8H2,1-2H3,(H,12,14);3H2,1-2H3,(H,7,8);1H4. The van der Waals surface area contributed by atoms with Gasteiger partial charge >= 0.3 is 5.97 Å². The Bertz CT molecular complexity index is 563. The van der Waals surface area contributed by atoms with E-state index in [-0.39, 0.29) is 26.5 Å². The zero-order valence-corrected chi connectivity index (χ0v) is 14.3. The largest absolute Gasteiger partial charge is 0.479 e. The normalized spacial score (nSPS) is 8.48. The van der Waals surface area contributed by atoms with Crippen LogP contribution < -0.4 is 5.32 Å². The number of carboxylic acid groups (broad SMARTS) is 1. The first-order valence-corrected chi connectivity index (χ1v) is 7.14. The highest BCUT2D eigenvalue weighted by Crippen LogP contribution is 2.04. The Labute approximate surface area is 148 Å². The van der Waals surface area contributed by atoms with E-state index in [0.717, 1.165) is 11.4 Å². The number of para-hydroxylation sites is 1. The highest BCUT2D eigenvalue weighted by molar-refractivity contribution is 5.91. The van der Waals surface area contributed by atoms with Crippen molar-refractivity contribution >= 4 is 29.0 Å². The average Bonchev–Trinajstić information content (AvgIpc) is 2.47. The van der Waals surface area contributed by atoms with Crippen molar-refractivity contribution in [3.8, 4) is 0 Å². The van der Waals surface area contributed by atoms with E-state index in [1.165, 1.54) is 0 Å². The molecule has 8 heteroatoms. The lowest BCUT2D eigenvalue weighted by Crippen LogP contribution is -2.17. The van der Waals surface area contributed by atoms with Gasteiger partial charge in [-0.05, 0) is 39.8 Å². The van der Waals surface area contributed by atoms with Crippen molar-refractivity contribution in [1.29, 1.82) is 0 Å². The molecule has 1 rings (SSSR count). The summed E-state index contributed by atoms with van der Waals surface area (Å²) in [7, 11) is 0. The highest BCUT2D eigenvalue weighted by Gasteiger charge is 2.01. The molecular formula is C17H27N3O5. The molecule has 25 heavy (non-hydrogen) atoms. The number of oxime groups is 2. The number of carboxylic acids is 1. The van der Waals surface area contributed by atoms with Crippen LogP contribution in [-0.4, -0.2) is 41.6 Å². The number of rotatable bonds is 7. The van der Waals surface area contributed by atoms with Gasteiger partial charge in [-0.25, -0.2) is 4.79 Å². The first kappa shape index (κ1) is 24.4. The van der Waals surface area contributed by atoms with E-state index in [2.05, 4.69) is 20.5 Å². The predicted octanol–water partition coefficient (Wildman–Crippen LogP) is 3.16. The first-order chi connectivity index (χ1) is 11.3. The number of aliphatic carboxylic acids is 1. The molecule has 1 aromatic carbocycles. The molecule has 0 unspecified atom stereocenters. The molecule has 8 nitrogen and oxygen atoms in total. The number of hydrogen-bond donors (Lipinski definition) is 2. The molecule has 2 N–H and O–H groups in total. The van der Waals surface area contributed by atoms with Gasteiger partial charge in [-0.2, -0.15) is 0 Å². The maximum absolute atomic E-state index is 11.3. The van der Waals surface area contributed by atoms with Crippen molar-refractivity contribution in [2.75, 3.05) is 18.5 Å². The van der Waals surface area contributed by atoms with Crippen LogP contribution in [0.25, 0.3) is 0 Å². The molecule has 1 aromatic rings. The van der Waals surface area contributed by atoms with Crippen LogP contribution in [0.5, 0.6) is 0 Å². The summed E-state index contributed by atoms with van der Waals surface area (Å²) >= 11 is 0. The number of carbonyl (C=O) groups excluding carboxylic acids is 1. The van der Waals surface area contributed by atoms with Crippen LogP contribution in [0, 0.1) is 0 Å².